The standard InChI is InChI=1S/C16H19FN2O/c1-12(18-2)14-5-6-16(15(17)10-14)20-9-7-13-4-3-8-19-11-13/h3-6,8,10-12,18H,7,9H2,1-2H3. The third-order valence-corrected chi connectivity index (χ3v) is 3.26. The van der Waals surface area contributed by atoms with Gasteiger partial charge in [-0.2, -0.15) is 0 Å². The molecular formula is C16H19FN2O. The monoisotopic (exact) mass is 274 g/mol. The predicted molar refractivity (Wildman–Crippen MR) is 77.3 cm³/mol. The smallest absolute Gasteiger partial charge is 0.165 e. The number of rotatable bonds is 6. The summed E-state index contributed by atoms with van der Waals surface area (Å²) in [4.78, 5) is 4.03. The van der Waals surface area contributed by atoms with E-state index in [-0.39, 0.29) is 11.9 Å². The highest BCUT2D eigenvalue weighted by atomic mass is 19.1. The Morgan fingerprint density at radius 3 is 2.85 bits per heavy atom. The summed E-state index contributed by atoms with van der Waals surface area (Å²) in [6, 6.07) is 9.05. The molecule has 0 saturated carbocycles. The van der Waals surface area contributed by atoms with Crippen LogP contribution in [0.25, 0.3) is 0 Å². The van der Waals surface area contributed by atoms with E-state index in [1.54, 1.807) is 18.5 Å². The molecule has 106 valence electrons. The fourth-order valence-electron chi connectivity index (χ4n) is 1.89. The van der Waals surface area contributed by atoms with E-state index in [2.05, 4.69) is 10.3 Å². The summed E-state index contributed by atoms with van der Waals surface area (Å²) in [6.45, 7) is 2.42. The molecule has 0 fully saturated rings. The van der Waals surface area contributed by atoms with Crippen LogP contribution in [0.3, 0.4) is 0 Å². The number of pyridine rings is 1. The zero-order chi connectivity index (χ0) is 14.4. The number of hydrogen-bond donors (Lipinski definition) is 1. The molecule has 1 aromatic carbocycles. The molecule has 1 aromatic heterocycles. The van der Waals surface area contributed by atoms with Gasteiger partial charge in [0.15, 0.2) is 11.6 Å². The topological polar surface area (TPSA) is 34.1 Å². The van der Waals surface area contributed by atoms with Gasteiger partial charge in [-0.05, 0) is 43.3 Å². The van der Waals surface area contributed by atoms with Gasteiger partial charge in [0.2, 0.25) is 0 Å². The van der Waals surface area contributed by atoms with Crippen molar-refractivity contribution in [3.05, 3.63) is 59.7 Å². The van der Waals surface area contributed by atoms with Gasteiger partial charge in [0.1, 0.15) is 0 Å². The Bertz CT molecular complexity index is 545. The number of halogens is 1. The minimum atomic E-state index is -0.323. The molecule has 0 amide bonds. The second kappa shape index (κ2) is 7.01. The Hall–Kier alpha value is -1.94. The van der Waals surface area contributed by atoms with Gasteiger partial charge in [-0.15, -0.1) is 0 Å². The van der Waals surface area contributed by atoms with E-state index in [1.807, 2.05) is 32.2 Å². The van der Waals surface area contributed by atoms with Gasteiger partial charge in [0.25, 0.3) is 0 Å². The molecule has 0 radical (unpaired) electrons. The Labute approximate surface area is 118 Å². The first-order chi connectivity index (χ1) is 9.70. The maximum Gasteiger partial charge on any atom is 0.165 e. The SMILES string of the molecule is CNC(C)c1ccc(OCCc2cccnc2)c(F)c1. The number of benzene rings is 1. The molecule has 2 rings (SSSR count). The van der Waals surface area contributed by atoms with Crippen LogP contribution in [-0.2, 0) is 6.42 Å². The van der Waals surface area contributed by atoms with Crippen LogP contribution in [0, 0.1) is 5.82 Å². The quantitative estimate of drug-likeness (QED) is 0.878. The lowest BCUT2D eigenvalue weighted by molar-refractivity contribution is 0.305. The Kier molecular flexibility index (Phi) is 5.07. The number of ether oxygens (including phenoxy) is 1. The van der Waals surface area contributed by atoms with Crippen LogP contribution in [0.15, 0.2) is 42.7 Å². The second-order valence-electron chi connectivity index (χ2n) is 4.66. The van der Waals surface area contributed by atoms with Crippen LogP contribution in [0.5, 0.6) is 5.75 Å². The summed E-state index contributed by atoms with van der Waals surface area (Å²) >= 11 is 0. The summed E-state index contributed by atoms with van der Waals surface area (Å²) in [5, 5.41) is 3.08. The van der Waals surface area contributed by atoms with Crippen molar-refractivity contribution in [1.82, 2.24) is 10.3 Å². The zero-order valence-corrected chi connectivity index (χ0v) is 11.8. The summed E-state index contributed by atoms with van der Waals surface area (Å²) in [6.07, 6.45) is 4.23. The lowest BCUT2D eigenvalue weighted by atomic mass is 10.1. The van der Waals surface area contributed by atoms with Crippen LogP contribution >= 0.6 is 0 Å². The highest BCUT2D eigenvalue weighted by molar-refractivity contribution is 5.31. The molecule has 0 aliphatic carbocycles. The first-order valence-corrected chi connectivity index (χ1v) is 6.69. The van der Waals surface area contributed by atoms with E-state index in [9.17, 15) is 4.39 Å². The summed E-state index contributed by atoms with van der Waals surface area (Å²) in [5.41, 5.74) is 1.98. The molecule has 1 heterocycles. The van der Waals surface area contributed by atoms with Crippen LogP contribution in [0.2, 0.25) is 0 Å². The minimum absolute atomic E-state index is 0.119. The third-order valence-electron chi connectivity index (χ3n) is 3.26. The lowest BCUT2D eigenvalue weighted by Gasteiger charge is -2.13. The van der Waals surface area contributed by atoms with Crippen molar-refractivity contribution in [3.63, 3.8) is 0 Å². The maximum absolute atomic E-state index is 13.9. The molecule has 1 N–H and O–H groups in total. The third kappa shape index (κ3) is 3.78. The van der Waals surface area contributed by atoms with Crippen molar-refractivity contribution in [1.29, 1.82) is 0 Å². The molecule has 0 spiro atoms. The highest BCUT2D eigenvalue weighted by Gasteiger charge is 2.08. The lowest BCUT2D eigenvalue weighted by Crippen LogP contribution is -2.12. The van der Waals surface area contributed by atoms with Gasteiger partial charge in [-0.25, -0.2) is 4.39 Å². The molecule has 2 aromatic rings. The van der Waals surface area contributed by atoms with Crippen molar-refractivity contribution in [2.24, 2.45) is 0 Å². The molecule has 0 aliphatic heterocycles. The van der Waals surface area contributed by atoms with Crippen LogP contribution in [0.4, 0.5) is 4.39 Å². The molecule has 1 unspecified atom stereocenters. The minimum Gasteiger partial charge on any atom is -0.490 e. The Balaban J connectivity index is 1.93. The molecule has 0 aliphatic rings. The Morgan fingerprint density at radius 2 is 2.20 bits per heavy atom. The van der Waals surface area contributed by atoms with Crippen molar-refractivity contribution < 1.29 is 9.13 Å². The summed E-state index contributed by atoms with van der Waals surface area (Å²) in [7, 11) is 1.85. The van der Waals surface area contributed by atoms with Gasteiger partial charge in [0, 0.05) is 24.9 Å². The summed E-state index contributed by atoms with van der Waals surface area (Å²) < 4.78 is 19.4. The molecule has 0 saturated heterocycles. The van der Waals surface area contributed by atoms with E-state index in [4.69, 9.17) is 4.74 Å². The zero-order valence-electron chi connectivity index (χ0n) is 11.8. The van der Waals surface area contributed by atoms with E-state index in [1.165, 1.54) is 6.07 Å². The van der Waals surface area contributed by atoms with E-state index >= 15 is 0 Å². The van der Waals surface area contributed by atoms with Crippen molar-refractivity contribution in [3.8, 4) is 5.75 Å². The highest BCUT2D eigenvalue weighted by Crippen LogP contribution is 2.22. The molecule has 4 heteroatoms. The largest absolute Gasteiger partial charge is 0.490 e. The number of aromatic nitrogens is 1. The predicted octanol–water partition coefficient (Wildman–Crippen LogP) is 3.12. The van der Waals surface area contributed by atoms with Gasteiger partial charge < -0.3 is 10.1 Å². The van der Waals surface area contributed by atoms with Gasteiger partial charge in [-0.1, -0.05) is 12.1 Å². The average Bonchev–Trinajstić information content (AvgIpc) is 2.49. The second-order valence-corrected chi connectivity index (χ2v) is 4.66. The first-order valence-electron chi connectivity index (χ1n) is 6.69. The van der Waals surface area contributed by atoms with Crippen molar-refractivity contribution >= 4 is 0 Å². The van der Waals surface area contributed by atoms with E-state index in [0.29, 0.717) is 18.8 Å². The van der Waals surface area contributed by atoms with Gasteiger partial charge in [0.05, 0.1) is 6.61 Å². The fourth-order valence-corrected chi connectivity index (χ4v) is 1.89. The van der Waals surface area contributed by atoms with Gasteiger partial charge in [-0.3, -0.25) is 4.98 Å². The normalized spacial score (nSPS) is 12.2. The van der Waals surface area contributed by atoms with Crippen molar-refractivity contribution in [2.75, 3.05) is 13.7 Å². The number of nitrogens with zero attached hydrogens (tertiary/aromatic N) is 1. The maximum atomic E-state index is 13.9. The van der Waals surface area contributed by atoms with Gasteiger partial charge >= 0.3 is 0 Å². The molecular weight excluding hydrogens is 255 g/mol. The average molecular weight is 274 g/mol. The van der Waals surface area contributed by atoms with Crippen molar-refractivity contribution in [2.45, 2.75) is 19.4 Å². The van der Waals surface area contributed by atoms with Crippen LogP contribution in [0.1, 0.15) is 24.1 Å². The number of hydrogen-bond acceptors (Lipinski definition) is 3. The Morgan fingerprint density at radius 1 is 1.35 bits per heavy atom. The summed E-state index contributed by atoms with van der Waals surface area (Å²) in [5.74, 6) is -0.0308. The first kappa shape index (κ1) is 14.5. The number of nitrogens with one attached hydrogen (secondary N) is 1. The fraction of sp³-hybridized carbons (Fsp3) is 0.312. The molecule has 3 nitrogen and oxygen atoms in total. The van der Waals surface area contributed by atoms with E-state index < -0.39 is 0 Å². The van der Waals surface area contributed by atoms with Crippen LogP contribution in [-0.4, -0.2) is 18.6 Å². The molecule has 20 heavy (non-hydrogen) atoms. The van der Waals surface area contributed by atoms with E-state index in [0.717, 1.165) is 11.1 Å². The molecule has 0 bridgehead atoms. The van der Waals surface area contributed by atoms with Crippen LogP contribution < -0.4 is 10.1 Å². The molecule has 1 atom stereocenters.